The highest BCUT2D eigenvalue weighted by Crippen LogP contribution is 2.26. The Balaban J connectivity index is 2.11. The molecular weight excluding hydrogens is 172 g/mol. The predicted molar refractivity (Wildman–Crippen MR) is 48.9 cm³/mol. The highest BCUT2D eigenvalue weighted by atomic mass is 32.2. The molecule has 0 radical (unpaired) electrons. The maximum Gasteiger partial charge on any atom is 0.0962 e. The first-order valence-electron chi connectivity index (χ1n) is 4.08. The van der Waals surface area contributed by atoms with Crippen LogP contribution in [0.2, 0.25) is 0 Å². The third-order valence-corrected chi connectivity index (χ3v) is 3.19. The summed E-state index contributed by atoms with van der Waals surface area (Å²) in [6, 6.07) is 0.544. The van der Waals surface area contributed by atoms with Crippen LogP contribution in [0, 0.1) is 0 Å². The summed E-state index contributed by atoms with van der Waals surface area (Å²) in [4.78, 5) is 0. The third-order valence-electron chi connectivity index (χ3n) is 2.05. The number of hydrogen-bond acceptors (Lipinski definition) is 4. The van der Waals surface area contributed by atoms with Gasteiger partial charge in [-0.2, -0.15) is 11.8 Å². The first-order valence-corrected chi connectivity index (χ1v) is 5.24. The van der Waals surface area contributed by atoms with Gasteiger partial charge in [0.25, 0.3) is 0 Å². The van der Waals surface area contributed by atoms with Gasteiger partial charge in [-0.3, -0.25) is 0 Å². The Morgan fingerprint density at radius 3 is 3.25 bits per heavy atom. The smallest absolute Gasteiger partial charge is 0.0962 e. The van der Waals surface area contributed by atoms with Crippen molar-refractivity contribution in [3.63, 3.8) is 0 Å². The van der Waals surface area contributed by atoms with E-state index in [1.165, 1.54) is 12.2 Å². The molecule has 2 N–H and O–H groups in total. The van der Waals surface area contributed by atoms with Crippen molar-refractivity contribution in [3.05, 3.63) is 11.9 Å². The minimum atomic E-state index is 0.486. The van der Waals surface area contributed by atoms with E-state index < -0.39 is 0 Å². The number of thioether (sulfide) groups is 1. The van der Waals surface area contributed by atoms with Crippen molar-refractivity contribution in [2.24, 2.45) is 5.73 Å². The van der Waals surface area contributed by atoms with Crippen molar-refractivity contribution >= 4 is 11.8 Å². The molecule has 0 aromatic carbocycles. The molecule has 0 aliphatic carbocycles. The molecule has 0 unspecified atom stereocenters. The number of rotatable bonds is 2. The van der Waals surface area contributed by atoms with Gasteiger partial charge in [-0.05, 0) is 12.2 Å². The van der Waals surface area contributed by atoms with Crippen LogP contribution in [0.5, 0.6) is 0 Å². The second kappa shape index (κ2) is 3.45. The van der Waals surface area contributed by atoms with Crippen molar-refractivity contribution in [2.75, 3.05) is 11.5 Å². The highest BCUT2D eigenvalue weighted by Gasteiger charge is 2.18. The van der Waals surface area contributed by atoms with E-state index >= 15 is 0 Å². The molecule has 2 heterocycles. The SMILES string of the molecule is NCc1cn([C@H]2CCSC2)nn1. The molecule has 1 aliphatic rings. The van der Waals surface area contributed by atoms with E-state index in [9.17, 15) is 0 Å². The molecule has 0 saturated carbocycles. The van der Waals surface area contributed by atoms with E-state index in [1.54, 1.807) is 0 Å². The van der Waals surface area contributed by atoms with E-state index in [0.29, 0.717) is 12.6 Å². The van der Waals surface area contributed by atoms with Gasteiger partial charge in [0.2, 0.25) is 0 Å². The van der Waals surface area contributed by atoms with Crippen LogP contribution in [0.25, 0.3) is 0 Å². The fourth-order valence-electron chi connectivity index (χ4n) is 1.32. The minimum absolute atomic E-state index is 0.486. The van der Waals surface area contributed by atoms with Crippen molar-refractivity contribution in [1.29, 1.82) is 0 Å². The van der Waals surface area contributed by atoms with E-state index in [1.807, 2.05) is 22.6 Å². The zero-order valence-electron chi connectivity index (χ0n) is 6.81. The average molecular weight is 184 g/mol. The molecule has 66 valence electrons. The Morgan fingerprint density at radius 2 is 2.67 bits per heavy atom. The second-order valence-electron chi connectivity index (χ2n) is 2.91. The fraction of sp³-hybridized carbons (Fsp3) is 0.714. The van der Waals surface area contributed by atoms with Gasteiger partial charge in [-0.1, -0.05) is 5.21 Å². The summed E-state index contributed by atoms with van der Waals surface area (Å²) in [6.07, 6.45) is 3.16. The molecular formula is C7H12N4S. The molecule has 1 saturated heterocycles. The van der Waals surface area contributed by atoms with Crippen LogP contribution in [-0.2, 0) is 6.54 Å². The zero-order chi connectivity index (χ0) is 8.39. The van der Waals surface area contributed by atoms with Crippen molar-refractivity contribution in [2.45, 2.75) is 19.0 Å². The molecule has 0 spiro atoms. The predicted octanol–water partition coefficient (Wildman–Crippen LogP) is 0.415. The summed E-state index contributed by atoms with van der Waals surface area (Å²) < 4.78 is 1.95. The summed E-state index contributed by atoms with van der Waals surface area (Å²) in [7, 11) is 0. The van der Waals surface area contributed by atoms with Gasteiger partial charge < -0.3 is 5.73 Å². The van der Waals surface area contributed by atoms with Gasteiger partial charge in [0.05, 0.1) is 17.9 Å². The Morgan fingerprint density at radius 1 is 1.75 bits per heavy atom. The Hall–Kier alpha value is -0.550. The third kappa shape index (κ3) is 1.47. The van der Waals surface area contributed by atoms with E-state index in [4.69, 9.17) is 5.73 Å². The zero-order valence-corrected chi connectivity index (χ0v) is 7.63. The van der Waals surface area contributed by atoms with Crippen molar-refractivity contribution < 1.29 is 0 Å². The van der Waals surface area contributed by atoms with Gasteiger partial charge in [0.1, 0.15) is 0 Å². The van der Waals surface area contributed by atoms with Crippen LogP contribution in [0.3, 0.4) is 0 Å². The first kappa shape index (κ1) is 8.07. The fourth-order valence-corrected chi connectivity index (χ4v) is 2.51. The van der Waals surface area contributed by atoms with E-state index in [-0.39, 0.29) is 0 Å². The quantitative estimate of drug-likeness (QED) is 0.723. The molecule has 1 fully saturated rings. The molecule has 5 heteroatoms. The lowest BCUT2D eigenvalue weighted by Gasteiger charge is -2.05. The lowest BCUT2D eigenvalue weighted by Crippen LogP contribution is -2.08. The summed E-state index contributed by atoms with van der Waals surface area (Å²) >= 11 is 1.97. The minimum Gasteiger partial charge on any atom is -0.325 e. The molecule has 2 rings (SSSR count). The molecule has 4 nitrogen and oxygen atoms in total. The summed E-state index contributed by atoms with van der Waals surface area (Å²) in [5.41, 5.74) is 6.32. The molecule has 1 atom stereocenters. The Labute approximate surface area is 75.5 Å². The standard InChI is InChI=1S/C7H12N4S/c8-3-6-4-11(10-9-6)7-1-2-12-5-7/h4,7H,1-3,5,8H2/t7-/m0/s1. The highest BCUT2D eigenvalue weighted by molar-refractivity contribution is 7.99. The lowest BCUT2D eigenvalue weighted by atomic mass is 10.3. The van der Waals surface area contributed by atoms with Crippen LogP contribution in [0.1, 0.15) is 18.2 Å². The van der Waals surface area contributed by atoms with Gasteiger partial charge in [0, 0.05) is 12.3 Å². The van der Waals surface area contributed by atoms with Crippen LogP contribution >= 0.6 is 11.8 Å². The lowest BCUT2D eigenvalue weighted by molar-refractivity contribution is 0.486. The van der Waals surface area contributed by atoms with Gasteiger partial charge >= 0.3 is 0 Å². The maximum absolute atomic E-state index is 5.44. The van der Waals surface area contributed by atoms with Crippen LogP contribution in [0.4, 0.5) is 0 Å². The summed E-state index contributed by atoms with van der Waals surface area (Å²) in [5.74, 6) is 2.40. The van der Waals surface area contributed by atoms with E-state index in [2.05, 4.69) is 10.3 Å². The average Bonchev–Trinajstić information content (AvgIpc) is 2.75. The van der Waals surface area contributed by atoms with E-state index in [0.717, 1.165) is 11.4 Å². The van der Waals surface area contributed by atoms with Crippen molar-refractivity contribution in [1.82, 2.24) is 15.0 Å². The van der Waals surface area contributed by atoms with Crippen LogP contribution < -0.4 is 5.73 Å². The largest absolute Gasteiger partial charge is 0.325 e. The number of nitrogens with zero attached hydrogens (tertiary/aromatic N) is 3. The van der Waals surface area contributed by atoms with Crippen LogP contribution in [0.15, 0.2) is 6.20 Å². The summed E-state index contributed by atoms with van der Waals surface area (Å²) in [5, 5.41) is 8.00. The number of hydrogen-bond donors (Lipinski definition) is 1. The molecule has 1 aliphatic heterocycles. The van der Waals surface area contributed by atoms with Gasteiger partial charge in [0.15, 0.2) is 0 Å². The monoisotopic (exact) mass is 184 g/mol. The maximum atomic E-state index is 5.44. The van der Waals surface area contributed by atoms with Gasteiger partial charge in [-0.25, -0.2) is 4.68 Å². The molecule has 1 aromatic rings. The second-order valence-corrected chi connectivity index (χ2v) is 4.06. The molecule has 1 aromatic heterocycles. The molecule has 0 bridgehead atoms. The summed E-state index contributed by atoms with van der Waals surface area (Å²) in [6.45, 7) is 0.486. The normalized spacial score (nSPS) is 23.2. The van der Waals surface area contributed by atoms with Gasteiger partial charge in [-0.15, -0.1) is 5.10 Å². The Bertz CT molecular complexity index is 254. The number of nitrogens with two attached hydrogens (primary N) is 1. The molecule has 0 amide bonds. The topological polar surface area (TPSA) is 56.7 Å². The van der Waals surface area contributed by atoms with Crippen LogP contribution in [-0.4, -0.2) is 26.5 Å². The Kier molecular flexibility index (Phi) is 2.32. The first-order chi connectivity index (χ1) is 5.90. The molecule has 12 heavy (non-hydrogen) atoms. The van der Waals surface area contributed by atoms with Crippen molar-refractivity contribution in [3.8, 4) is 0 Å². The number of aromatic nitrogens is 3.